The Labute approximate surface area is 133 Å². The van der Waals surface area contributed by atoms with Crippen LogP contribution in [-0.4, -0.2) is 10.9 Å². The van der Waals surface area contributed by atoms with Crippen molar-refractivity contribution in [1.29, 1.82) is 0 Å². The lowest BCUT2D eigenvalue weighted by atomic mass is 10.0. The summed E-state index contributed by atoms with van der Waals surface area (Å²) in [4.78, 5) is 16.2. The molecule has 0 aliphatic rings. The maximum atomic E-state index is 12.1. The van der Waals surface area contributed by atoms with Crippen LogP contribution in [0.1, 0.15) is 16.7 Å². The standard InChI is InChI=1S/C17H15ClN2O2/c1-10-5-14-12(9-22-15(14)6-11(10)2)7-17(21)20-16-4-3-13(18)8-19-16/h3-6,8-9H,7H2,1-2H3,(H,19,20,21). The molecule has 1 N–H and O–H groups in total. The first-order valence-corrected chi connectivity index (χ1v) is 7.29. The number of hydrogen-bond acceptors (Lipinski definition) is 3. The van der Waals surface area contributed by atoms with Gasteiger partial charge in [-0.25, -0.2) is 4.98 Å². The van der Waals surface area contributed by atoms with Crippen molar-refractivity contribution in [3.8, 4) is 0 Å². The number of nitrogens with one attached hydrogen (secondary N) is 1. The van der Waals surface area contributed by atoms with Gasteiger partial charge in [0.05, 0.1) is 17.7 Å². The van der Waals surface area contributed by atoms with Crippen LogP contribution < -0.4 is 5.32 Å². The molecule has 112 valence electrons. The Morgan fingerprint density at radius 3 is 2.77 bits per heavy atom. The minimum Gasteiger partial charge on any atom is -0.464 e. The number of nitrogens with zero attached hydrogens (tertiary/aromatic N) is 1. The van der Waals surface area contributed by atoms with Crippen molar-refractivity contribution in [2.24, 2.45) is 0 Å². The molecule has 0 atom stereocenters. The van der Waals surface area contributed by atoms with Crippen LogP contribution in [0, 0.1) is 13.8 Å². The second-order valence-corrected chi connectivity index (χ2v) is 5.72. The predicted molar refractivity (Wildman–Crippen MR) is 87.3 cm³/mol. The molecule has 1 aromatic carbocycles. The summed E-state index contributed by atoms with van der Waals surface area (Å²) in [6.45, 7) is 4.08. The highest BCUT2D eigenvalue weighted by Crippen LogP contribution is 2.25. The smallest absolute Gasteiger partial charge is 0.230 e. The van der Waals surface area contributed by atoms with Gasteiger partial charge < -0.3 is 9.73 Å². The number of benzene rings is 1. The van der Waals surface area contributed by atoms with Crippen molar-refractivity contribution in [3.63, 3.8) is 0 Å². The molecule has 5 heteroatoms. The molecule has 0 spiro atoms. The third-order valence-electron chi connectivity index (χ3n) is 3.62. The van der Waals surface area contributed by atoms with E-state index in [0.29, 0.717) is 10.8 Å². The Bertz CT molecular complexity index is 838. The highest BCUT2D eigenvalue weighted by atomic mass is 35.5. The molecule has 0 radical (unpaired) electrons. The number of carbonyl (C=O) groups is 1. The van der Waals surface area contributed by atoms with E-state index in [1.807, 2.05) is 19.9 Å². The van der Waals surface area contributed by atoms with E-state index in [4.69, 9.17) is 16.0 Å². The number of carbonyl (C=O) groups excluding carboxylic acids is 1. The Kier molecular flexibility index (Phi) is 3.86. The third-order valence-corrected chi connectivity index (χ3v) is 3.84. The van der Waals surface area contributed by atoms with E-state index >= 15 is 0 Å². The molecule has 0 bridgehead atoms. The van der Waals surface area contributed by atoms with Crippen LogP contribution >= 0.6 is 11.6 Å². The average Bonchev–Trinajstić information content (AvgIpc) is 2.84. The highest BCUT2D eigenvalue weighted by molar-refractivity contribution is 6.30. The van der Waals surface area contributed by atoms with E-state index in [9.17, 15) is 4.79 Å². The second-order valence-electron chi connectivity index (χ2n) is 5.28. The number of furan rings is 1. The van der Waals surface area contributed by atoms with Crippen LogP contribution in [0.5, 0.6) is 0 Å². The summed E-state index contributed by atoms with van der Waals surface area (Å²) in [7, 11) is 0. The lowest BCUT2D eigenvalue weighted by Gasteiger charge is -2.04. The zero-order chi connectivity index (χ0) is 15.7. The van der Waals surface area contributed by atoms with Gasteiger partial charge in [-0.05, 0) is 49.2 Å². The van der Waals surface area contributed by atoms with E-state index in [1.165, 1.54) is 17.3 Å². The zero-order valence-corrected chi connectivity index (χ0v) is 13.1. The molecule has 0 aliphatic heterocycles. The van der Waals surface area contributed by atoms with E-state index in [2.05, 4.69) is 16.4 Å². The van der Waals surface area contributed by atoms with Crippen molar-refractivity contribution in [3.05, 3.63) is 58.4 Å². The van der Waals surface area contributed by atoms with Gasteiger partial charge in [-0.1, -0.05) is 11.6 Å². The number of aryl methyl sites for hydroxylation is 2. The van der Waals surface area contributed by atoms with Crippen molar-refractivity contribution < 1.29 is 9.21 Å². The summed E-state index contributed by atoms with van der Waals surface area (Å²) >= 11 is 5.77. The Morgan fingerprint density at radius 1 is 1.27 bits per heavy atom. The van der Waals surface area contributed by atoms with Gasteiger partial charge >= 0.3 is 0 Å². The van der Waals surface area contributed by atoms with E-state index < -0.39 is 0 Å². The molecular formula is C17H15ClN2O2. The largest absolute Gasteiger partial charge is 0.464 e. The lowest BCUT2D eigenvalue weighted by molar-refractivity contribution is -0.115. The Hall–Kier alpha value is -2.33. The molecule has 0 saturated heterocycles. The maximum Gasteiger partial charge on any atom is 0.230 e. The molecule has 4 nitrogen and oxygen atoms in total. The van der Waals surface area contributed by atoms with Gasteiger partial charge in [0.25, 0.3) is 0 Å². The molecule has 0 aliphatic carbocycles. The molecular weight excluding hydrogens is 300 g/mol. The Morgan fingerprint density at radius 2 is 2.05 bits per heavy atom. The molecule has 2 heterocycles. The first-order valence-electron chi connectivity index (χ1n) is 6.91. The first kappa shape index (κ1) is 14.6. The summed E-state index contributed by atoms with van der Waals surface area (Å²) in [5.41, 5.74) is 4.01. The monoisotopic (exact) mass is 314 g/mol. The molecule has 1 amide bonds. The fourth-order valence-electron chi connectivity index (χ4n) is 2.28. The van der Waals surface area contributed by atoms with Crippen LogP contribution in [-0.2, 0) is 11.2 Å². The number of pyridine rings is 1. The van der Waals surface area contributed by atoms with E-state index in [-0.39, 0.29) is 12.3 Å². The van der Waals surface area contributed by atoms with Crippen molar-refractivity contribution in [2.75, 3.05) is 5.32 Å². The fraction of sp³-hybridized carbons (Fsp3) is 0.176. The van der Waals surface area contributed by atoms with Gasteiger partial charge in [-0.15, -0.1) is 0 Å². The number of anilines is 1. The van der Waals surface area contributed by atoms with Crippen molar-refractivity contribution in [1.82, 2.24) is 4.98 Å². The minimum atomic E-state index is -0.143. The minimum absolute atomic E-state index is 0.143. The summed E-state index contributed by atoms with van der Waals surface area (Å²) in [5.74, 6) is 0.338. The van der Waals surface area contributed by atoms with Gasteiger partial charge in [-0.2, -0.15) is 0 Å². The molecule has 0 saturated carbocycles. The highest BCUT2D eigenvalue weighted by Gasteiger charge is 2.12. The van der Waals surface area contributed by atoms with Crippen LogP contribution in [0.4, 0.5) is 5.82 Å². The molecule has 3 rings (SSSR count). The normalized spacial score (nSPS) is 10.9. The maximum absolute atomic E-state index is 12.1. The van der Waals surface area contributed by atoms with Crippen LogP contribution in [0.25, 0.3) is 11.0 Å². The van der Waals surface area contributed by atoms with Crippen LogP contribution in [0.2, 0.25) is 5.02 Å². The fourth-order valence-corrected chi connectivity index (χ4v) is 2.39. The third kappa shape index (κ3) is 2.97. The number of halogens is 1. The average molecular weight is 315 g/mol. The van der Waals surface area contributed by atoms with Crippen molar-refractivity contribution in [2.45, 2.75) is 20.3 Å². The summed E-state index contributed by atoms with van der Waals surface area (Å²) in [6.07, 6.45) is 3.37. The van der Waals surface area contributed by atoms with E-state index in [1.54, 1.807) is 18.4 Å². The van der Waals surface area contributed by atoms with Gasteiger partial charge in [0.1, 0.15) is 11.4 Å². The van der Waals surface area contributed by atoms with Crippen LogP contribution in [0.15, 0.2) is 41.1 Å². The van der Waals surface area contributed by atoms with Gasteiger partial charge in [0.15, 0.2) is 0 Å². The van der Waals surface area contributed by atoms with Gasteiger partial charge in [0.2, 0.25) is 5.91 Å². The van der Waals surface area contributed by atoms with Gasteiger partial charge in [0, 0.05) is 17.1 Å². The molecule has 0 fully saturated rings. The Balaban J connectivity index is 1.79. The summed E-state index contributed by atoms with van der Waals surface area (Å²) < 4.78 is 5.54. The molecule has 2 aromatic heterocycles. The second kappa shape index (κ2) is 5.81. The van der Waals surface area contributed by atoms with Crippen molar-refractivity contribution >= 4 is 34.3 Å². The summed E-state index contributed by atoms with van der Waals surface area (Å²) in [6, 6.07) is 7.40. The SMILES string of the molecule is Cc1cc2occ(CC(=O)Nc3ccc(Cl)cn3)c2cc1C. The number of fused-ring (bicyclic) bond motifs is 1. The molecule has 22 heavy (non-hydrogen) atoms. The van der Waals surface area contributed by atoms with Crippen LogP contribution in [0.3, 0.4) is 0 Å². The topological polar surface area (TPSA) is 55.1 Å². The number of amides is 1. The molecule has 3 aromatic rings. The lowest BCUT2D eigenvalue weighted by Crippen LogP contribution is -2.15. The molecule has 0 unspecified atom stereocenters. The zero-order valence-electron chi connectivity index (χ0n) is 12.3. The number of aromatic nitrogens is 1. The first-order chi connectivity index (χ1) is 10.5. The number of rotatable bonds is 3. The number of hydrogen-bond donors (Lipinski definition) is 1. The van der Waals surface area contributed by atoms with Gasteiger partial charge in [-0.3, -0.25) is 4.79 Å². The quantitative estimate of drug-likeness (QED) is 0.785. The predicted octanol–water partition coefficient (Wildman–Crippen LogP) is 4.28. The summed E-state index contributed by atoms with van der Waals surface area (Å²) in [5, 5.41) is 4.25. The van der Waals surface area contributed by atoms with E-state index in [0.717, 1.165) is 16.5 Å².